The van der Waals surface area contributed by atoms with E-state index in [1.54, 1.807) is 12.1 Å². The molecule has 0 amide bonds. The van der Waals surface area contributed by atoms with E-state index in [1.807, 2.05) is 47.7 Å². The number of halogens is 1. The van der Waals surface area contributed by atoms with Crippen LogP contribution in [0.25, 0.3) is 16.8 Å². The number of aromatic nitrogens is 5. The van der Waals surface area contributed by atoms with E-state index in [0.29, 0.717) is 0 Å². The number of aryl methyl sites for hydroxylation is 2. The predicted molar refractivity (Wildman–Crippen MR) is 126 cm³/mol. The molecule has 7 nitrogen and oxygen atoms in total. The summed E-state index contributed by atoms with van der Waals surface area (Å²) in [5.41, 5.74) is 13.4. The van der Waals surface area contributed by atoms with Gasteiger partial charge in [-0.2, -0.15) is 10.2 Å². The monoisotopic (exact) mass is 445 g/mol. The van der Waals surface area contributed by atoms with Crippen molar-refractivity contribution in [1.29, 1.82) is 0 Å². The molecular formula is C25H28FN7. The second-order valence-electron chi connectivity index (χ2n) is 9.58. The fraction of sp³-hybridized carbons (Fsp3) is 0.400. The molecule has 4 aromatic rings. The molecule has 0 bridgehead atoms. The summed E-state index contributed by atoms with van der Waals surface area (Å²) in [6.45, 7) is 5.76. The average molecular weight is 446 g/mol. The van der Waals surface area contributed by atoms with Crippen LogP contribution in [0.1, 0.15) is 41.4 Å². The van der Waals surface area contributed by atoms with E-state index in [2.05, 4.69) is 22.0 Å². The molecule has 1 atom stereocenters. The molecule has 2 aliphatic rings. The molecule has 0 saturated carbocycles. The molecule has 1 fully saturated rings. The van der Waals surface area contributed by atoms with Crippen LogP contribution in [-0.4, -0.2) is 37.5 Å². The predicted octanol–water partition coefficient (Wildman–Crippen LogP) is 3.73. The number of hydrogen-bond acceptors (Lipinski definition) is 5. The number of nitrogens with two attached hydrogens (primary N) is 1. The zero-order valence-electron chi connectivity index (χ0n) is 19.2. The summed E-state index contributed by atoms with van der Waals surface area (Å²) < 4.78 is 18.3. The topological polar surface area (TPSA) is 77.3 Å². The zero-order chi connectivity index (χ0) is 22.9. The maximum absolute atomic E-state index is 14.4. The Balaban J connectivity index is 1.33. The standard InChI is InChI=1S/C25H28FN7/c1-15-22(19-14-29-31(3)16(19)2)33-21(7-10-28-33)24(30-15)32-11-8-25(9-12-32)13-18-17(23(25)27)5-4-6-20(18)26/h4-7,10,14,23H,8-9,11-13,27H2,1-3H3/t23-/m1/s1. The largest absolute Gasteiger partial charge is 0.355 e. The third-order valence-electron chi connectivity index (χ3n) is 7.93. The number of fused-ring (bicyclic) bond motifs is 2. The quantitative estimate of drug-likeness (QED) is 0.509. The number of hydrogen-bond donors (Lipinski definition) is 1. The Bertz CT molecular complexity index is 1380. The first-order valence-corrected chi connectivity index (χ1v) is 11.5. The van der Waals surface area contributed by atoms with E-state index in [0.717, 1.165) is 77.5 Å². The minimum Gasteiger partial charge on any atom is -0.355 e. The van der Waals surface area contributed by atoms with E-state index in [4.69, 9.17) is 10.7 Å². The minimum atomic E-state index is -0.123. The third-order valence-corrected chi connectivity index (χ3v) is 7.93. The van der Waals surface area contributed by atoms with Gasteiger partial charge in [0, 0.05) is 37.4 Å². The van der Waals surface area contributed by atoms with Crippen LogP contribution in [0.2, 0.25) is 0 Å². The summed E-state index contributed by atoms with van der Waals surface area (Å²) in [5.74, 6) is 0.821. The first-order chi connectivity index (χ1) is 15.9. The number of nitrogens with zero attached hydrogens (tertiary/aromatic N) is 6. The summed E-state index contributed by atoms with van der Waals surface area (Å²) in [6.07, 6.45) is 6.24. The highest BCUT2D eigenvalue weighted by Gasteiger charge is 2.47. The van der Waals surface area contributed by atoms with Gasteiger partial charge in [-0.25, -0.2) is 13.9 Å². The highest BCUT2D eigenvalue weighted by molar-refractivity contribution is 5.76. The van der Waals surface area contributed by atoms with Crippen molar-refractivity contribution in [2.75, 3.05) is 18.0 Å². The van der Waals surface area contributed by atoms with E-state index >= 15 is 0 Å². The van der Waals surface area contributed by atoms with Crippen LogP contribution in [0, 0.1) is 25.1 Å². The molecule has 1 aliphatic heterocycles. The Labute approximate surface area is 192 Å². The maximum Gasteiger partial charge on any atom is 0.155 e. The lowest BCUT2D eigenvalue weighted by atomic mass is 9.73. The van der Waals surface area contributed by atoms with Crippen molar-refractivity contribution in [3.8, 4) is 11.3 Å². The third kappa shape index (κ3) is 2.86. The SMILES string of the molecule is Cc1nc(N2CCC3(CC2)Cc2c(F)cccc2[C@H]3N)c2ccnn2c1-c1cnn(C)c1C. The molecule has 170 valence electrons. The molecule has 1 aromatic carbocycles. The van der Waals surface area contributed by atoms with E-state index in [-0.39, 0.29) is 17.3 Å². The van der Waals surface area contributed by atoms with E-state index in [9.17, 15) is 4.39 Å². The van der Waals surface area contributed by atoms with E-state index in [1.165, 1.54) is 0 Å². The first kappa shape index (κ1) is 20.4. The summed E-state index contributed by atoms with van der Waals surface area (Å²) in [7, 11) is 1.94. The number of piperidine rings is 1. The van der Waals surface area contributed by atoms with Crippen LogP contribution in [0.5, 0.6) is 0 Å². The lowest BCUT2D eigenvalue weighted by Gasteiger charge is -2.42. The van der Waals surface area contributed by atoms with Crippen molar-refractivity contribution >= 4 is 11.3 Å². The number of benzene rings is 1. The summed E-state index contributed by atoms with van der Waals surface area (Å²) >= 11 is 0. The molecule has 4 heterocycles. The highest BCUT2D eigenvalue weighted by Crippen LogP contribution is 2.51. The molecule has 3 aromatic heterocycles. The van der Waals surface area contributed by atoms with Crippen molar-refractivity contribution in [1.82, 2.24) is 24.4 Å². The van der Waals surface area contributed by atoms with Crippen molar-refractivity contribution in [2.24, 2.45) is 18.2 Å². The molecule has 6 rings (SSSR count). The highest BCUT2D eigenvalue weighted by atomic mass is 19.1. The molecule has 1 spiro atoms. The molecule has 8 heteroatoms. The van der Waals surface area contributed by atoms with Crippen molar-refractivity contribution in [3.05, 3.63) is 65.0 Å². The molecule has 0 unspecified atom stereocenters. The van der Waals surface area contributed by atoms with Gasteiger partial charge in [0.05, 0.1) is 23.8 Å². The Morgan fingerprint density at radius 1 is 1.12 bits per heavy atom. The van der Waals surface area contributed by atoms with Crippen LogP contribution >= 0.6 is 0 Å². The van der Waals surface area contributed by atoms with Gasteiger partial charge in [-0.05, 0) is 61.8 Å². The van der Waals surface area contributed by atoms with Gasteiger partial charge in [0.25, 0.3) is 0 Å². The first-order valence-electron chi connectivity index (χ1n) is 11.5. The van der Waals surface area contributed by atoms with Crippen LogP contribution < -0.4 is 10.6 Å². The van der Waals surface area contributed by atoms with Crippen molar-refractivity contribution in [2.45, 2.75) is 39.2 Å². The molecule has 1 saturated heterocycles. The maximum atomic E-state index is 14.4. The second kappa shape index (κ2) is 7.12. The second-order valence-corrected chi connectivity index (χ2v) is 9.58. The van der Waals surface area contributed by atoms with Crippen LogP contribution in [0.3, 0.4) is 0 Å². The van der Waals surface area contributed by atoms with Crippen molar-refractivity contribution in [3.63, 3.8) is 0 Å². The summed E-state index contributed by atoms with van der Waals surface area (Å²) in [4.78, 5) is 7.38. The lowest BCUT2D eigenvalue weighted by Crippen LogP contribution is -2.44. The van der Waals surface area contributed by atoms with Gasteiger partial charge in [-0.1, -0.05) is 12.1 Å². The molecule has 0 radical (unpaired) electrons. The molecular weight excluding hydrogens is 417 g/mol. The van der Waals surface area contributed by atoms with E-state index < -0.39 is 0 Å². The number of anilines is 1. The molecule has 33 heavy (non-hydrogen) atoms. The molecule has 1 aliphatic carbocycles. The Kier molecular flexibility index (Phi) is 4.39. The minimum absolute atomic E-state index is 0.0840. The zero-order valence-corrected chi connectivity index (χ0v) is 19.2. The van der Waals surface area contributed by atoms with Crippen LogP contribution in [-0.2, 0) is 13.5 Å². The van der Waals surface area contributed by atoms with Gasteiger partial charge in [-0.15, -0.1) is 0 Å². The molecule has 2 N–H and O–H groups in total. The fourth-order valence-corrected chi connectivity index (χ4v) is 5.84. The Morgan fingerprint density at radius 2 is 1.91 bits per heavy atom. The average Bonchev–Trinajstić information content (AvgIpc) is 3.49. The van der Waals surface area contributed by atoms with Gasteiger partial charge in [0.15, 0.2) is 5.82 Å². The van der Waals surface area contributed by atoms with Gasteiger partial charge in [0.1, 0.15) is 11.3 Å². The van der Waals surface area contributed by atoms with Gasteiger partial charge in [0.2, 0.25) is 0 Å². The van der Waals surface area contributed by atoms with Crippen LogP contribution in [0.4, 0.5) is 10.2 Å². The normalized spacial score (nSPS) is 19.5. The van der Waals surface area contributed by atoms with Gasteiger partial charge < -0.3 is 10.6 Å². The lowest BCUT2D eigenvalue weighted by molar-refractivity contribution is 0.186. The fourth-order valence-electron chi connectivity index (χ4n) is 5.84. The summed E-state index contributed by atoms with van der Waals surface area (Å²) in [6, 6.07) is 7.22. The van der Waals surface area contributed by atoms with Gasteiger partial charge >= 0.3 is 0 Å². The van der Waals surface area contributed by atoms with Crippen LogP contribution in [0.15, 0.2) is 36.7 Å². The Hall–Kier alpha value is -3.26. The van der Waals surface area contributed by atoms with Gasteiger partial charge in [-0.3, -0.25) is 4.68 Å². The Morgan fingerprint density at radius 3 is 2.61 bits per heavy atom. The van der Waals surface area contributed by atoms with Crippen molar-refractivity contribution < 1.29 is 4.39 Å². The smallest absolute Gasteiger partial charge is 0.155 e. The summed E-state index contributed by atoms with van der Waals surface area (Å²) in [5, 5.41) is 9.04. The number of rotatable bonds is 2.